The number of hydrogen-bond donors (Lipinski definition) is 0. The van der Waals surface area contributed by atoms with E-state index >= 15 is 0 Å². The highest BCUT2D eigenvalue weighted by molar-refractivity contribution is 5.23. The van der Waals surface area contributed by atoms with E-state index in [4.69, 9.17) is 9.47 Å². The SMILES string of the molecule is CCCOC(OCCC)c1cccc(C)c1. The van der Waals surface area contributed by atoms with Crippen molar-refractivity contribution < 1.29 is 9.47 Å². The summed E-state index contributed by atoms with van der Waals surface area (Å²) in [7, 11) is 0. The Kier molecular flexibility index (Phi) is 6.12. The van der Waals surface area contributed by atoms with Crippen LogP contribution >= 0.6 is 0 Å². The minimum Gasteiger partial charge on any atom is -0.348 e. The number of hydrogen-bond acceptors (Lipinski definition) is 2. The fourth-order valence-electron chi connectivity index (χ4n) is 1.51. The van der Waals surface area contributed by atoms with Gasteiger partial charge in [0.1, 0.15) is 0 Å². The van der Waals surface area contributed by atoms with Crippen LogP contribution in [0.2, 0.25) is 0 Å². The maximum atomic E-state index is 5.71. The molecule has 0 amide bonds. The smallest absolute Gasteiger partial charge is 0.183 e. The Bertz CT molecular complexity index is 289. The summed E-state index contributed by atoms with van der Waals surface area (Å²) < 4.78 is 11.4. The molecule has 90 valence electrons. The number of ether oxygens (including phenoxy) is 2. The van der Waals surface area contributed by atoms with Gasteiger partial charge >= 0.3 is 0 Å². The van der Waals surface area contributed by atoms with Crippen LogP contribution in [0, 0.1) is 6.92 Å². The van der Waals surface area contributed by atoms with Crippen molar-refractivity contribution in [3.05, 3.63) is 35.4 Å². The highest BCUT2D eigenvalue weighted by atomic mass is 16.7. The van der Waals surface area contributed by atoms with Crippen LogP contribution in [0.1, 0.15) is 44.1 Å². The highest BCUT2D eigenvalue weighted by Gasteiger charge is 2.11. The molecule has 0 heterocycles. The second kappa shape index (κ2) is 7.42. The molecule has 0 saturated carbocycles. The molecule has 0 atom stereocenters. The van der Waals surface area contributed by atoms with Crippen molar-refractivity contribution in [2.45, 2.75) is 39.9 Å². The Morgan fingerprint density at radius 2 is 1.69 bits per heavy atom. The zero-order chi connectivity index (χ0) is 11.8. The number of rotatable bonds is 7. The first kappa shape index (κ1) is 13.2. The summed E-state index contributed by atoms with van der Waals surface area (Å²) in [6, 6.07) is 8.31. The summed E-state index contributed by atoms with van der Waals surface area (Å²) in [6.07, 6.45) is 1.81. The van der Waals surface area contributed by atoms with Crippen molar-refractivity contribution >= 4 is 0 Å². The predicted molar refractivity (Wildman–Crippen MR) is 66.4 cm³/mol. The van der Waals surface area contributed by atoms with Gasteiger partial charge in [0.2, 0.25) is 0 Å². The van der Waals surface area contributed by atoms with Crippen molar-refractivity contribution in [3.8, 4) is 0 Å². The average Bonchev–Trinajstić information content (AvgIpc) is 2.29. The van der Waals surface area contributed by atoms with Gasteiger partial charge in [0.25, 0.3) is 0 Å². The Morgan fingerprint density at radius 1 is 1.06 bits per heavy atom. The van der Waals surface area contributed by atoms with Crippen molar-refractivity contribution in [1.29, 1.82) is 0 Å². The zero-order valence-electron chi connectivity index (χ0n) is 10.5. The van der Waals surface area contributed by atoms with Crippen molar-refractivity contribution in [2.24, 2.45) is 0 Å². The lowest BCUT2D eigenvalue weighted by Gasteiger charge is -2.18. The van der Waals surface area contributed by atoms with Gasteiger partial charge in [-0.05, 0) is 19.8 Å². The Morgan fingerprint density at radius 3 is 2.19 bits per heavy atom. The lowest BCUT2D eigenvalue weighted by atomic mass is 10.1. The summed E-state index contributed by atoms with van der Waals surface area (Å²) in [4.78, 5) is 0. The molecule has 0 N–H and O–H groups in total. The van der Waals surface area contributed by atoms with Crippen molar-refractivity contribution in [3.63, 3.8) is 0 Å². The standard InChI is InChI=1S/C14H22O2/c1-4-9-15-14(16-10-5-2)13-8-6-7-12(3)11-13/h6-8,11,14H,4-5,9-10H2,1-3H3. The van der Waals surface area contributed by atoms with Crippen LogP contribution < -0.4 is 0 Å². The van der Waals surface area contributed by atoms with E-state index in [1.807, 2.05) is 6.07 Å². The Labute approximate surface area is 98.6 Å². The molecule has 0 fully saturated rings. The summed E-state index contributed by atoms with van der Waals surface area (Å²) >= 11 is 0. The molecule has 0 aliphatic heterocycles. The summed E-state index contributed by atoms with van der Waals surface area (Å²) in [5, 5.41) is 0. The highest BCUT2D eigenvalue weighted by Crippen LogP contribution is 2.20. The number of aryl methyl sites for hydroxylation is 1. The molecule has 0 aromatic heterocycles. The van der Waals surface area contributed by atoms with Gasteiger partial charge in [0, 0.05) is 18.8 Å². The van der Waals surface area contributed by atoms with Gasteiger partial charge in [-0.25, -0.2) is 0 Å². The normalized spacial score (nSPS) is 11.0. The second-order valence-electron chi connectivity index (χ2n) is 3.99. The molecule has 2 nitrogen and oxygen atoms in total. The van der Waals surface area contributed by atoms with Crippen LogP contribution in [-0.2, 0) is 9.47 Å². The molecule has 16 heavy (non-hydrogen) atoms. The van der Waals surface area contributed by atoms with E-state index in [2.05, 4.69) is 39.0 Å². The molecule has 1 aromatic carbocycles. The maximum absolute atomic E-state index is 5.71. The molecule has 0 spiro atoms. The van der Waals surface area contributed by atoms with Gasteiger partial charge in [0.15, 0.2) is 6.29 Å². The largest absolute Gasteiger partial charge is 0.348 e. The van der Waals surface area contributed by atoms with Crippen LogP contribution in [0.15, 0.2) is 24.3 Å². The molecule has 0 bridgehead atoms. The van der Waals surface area contributed by atoms with E-state index in [9.17, 15) is 0 Å². The quantitative estimate of drug-likeness (QED) is 0.652. The second-order valence-corrected chi connectivity index (χ2v) is 3.99. The van der Waals surface area contributed by atoms with Crippen molar-refractivity contribution in [2.75, 3.05) is 13.2 Å². The number of benzene rings is 1. The first-order valence-electron chi connectivity index (χ1n) is 6.07. The Hall–Kier alpha value is -0.860. The topological polar surface area (TPSA) is 18.5 Å². The zero-order valence-corrected chi connectivity index (χ0v) is 10.5. The van der Waals surface area contributed by atoms with Crippen LogP contribution in [0.3, 0.4) is 0 Å². The van der Waals surface area contributed by atoms with E-state index in [1.165, 1.54) is 5.56 Å². The molecule has 1 rings (SSSR count). The predicted octanol–water partition coefficient (Wildman–Crippen LogP) is 3.85. The molecular weight excluding hydrogens is 200 g/mol. The van der Waals surface area contributed by atoms with Gasteiger partial charge in [0.05, 0.1) is 0 Å². The minimum absolute atomic E-state index is 0.209. The molecular formula is C14H22O2. The average molecular weight is 222 g/mol. The summed E-state index contributed by atoms with van der Waals surface area (Å²) in [6.45, 7) is 7.77. The van der Waals surface area contributed by atoms with Crippen LogP contribution in [0.4, 0.5) is 0 Å². The molecule has 0 saturated heterocycles. The van der Waals surface area contributed by atoms with E-state index < -0.39 is 0 Å². The first-order chi connectivity index (χ1) is 7.77. The minimum atomic E-state index is -0.209. The van der Waals surface area contributed by atoms with Gasteiger partial charge in [-0.15, -0.1) is 0 Å². The van der Waals surface area contributed by atoms with Crippen LogP contribution in [0.5, 0.6) is 0 Å². The Balaban J connectivity index is 2.66. The van der Waals surface area contributed by atoms with Crippen LogP contribution in [0.25, 0.3) is 0 Å². The third-order valence-electron chi connectivity index (χ3n) is 2.26. The lowest BCUT2D eigenvalue weighted by Crippen LogP contribution is -2.10. The fourth-order valence-corrected chi connectivity index (χ4v) is 1.51. The van der Waals surface area contributed by atoms with Crippen molar-refractivity contribution in [1.82, 2.24) is 0 Å². The molecule has 0 unspecified atom stereocenters. The van der Waals surface area contributed by atoms with E-state index in [-0.39, 0.29) is 6.29 Å². The van der Waals surface area contributed by atoms with Gasteiger partial charge in [-0.3, -0.25) is 0 Å². The van der Waals surface area contributed by atoms with E-state index in [0.29, 0.717) is 0 Å². The molecule has 2 heteroatoms. The summed E-state index contributed by atoms with van der Waals surface area (Å²) in [5.41, 5.74) is 2.35. The van der Waals surface area contributed by atoms with E-state index in [1.54, 1.807) is 0 Å². The third kappa shape index (κ3) is 4.33. The molecule has 0 radical (unpaired) electrons. The van der Waals surface area contributed by atoms with Gasteiger partial charge < -0.3 is 9.47 Å². The van der Waals surface area contributed by atoms with Gasteiger partial charge in [-0.1, -0.05) is 43.7 Å². The van der Waals surface area contributed by atoms with Gasteiger partial charge in [-0.2, -0.15) is 0 Å². The monoisotopic (exact) mass is 222 g/mol. The third-order valence-corrected chi connectivity index (χ3v) is 2.26. The molecule has 1 aromatic rings. The fraction of sp³-hybridized carbons (Fsp3) is 0.571. The maximum Gasteiger partial charge on any atom is 0.183 e. The lowest BCUT2D eigenvalue weighted by molar-refractivity contribution is -0.146. The molecule has 0 aliphatic carbocycles. The van der Waals surface area contributed by atoms with Crippen LogP contribution in [-0.4, -0.2) is 13.2 Å². The first-order valence-corrected chi connectivity index (χ1v) is 6.07. The summed E-state index contributed by atoms with van der Waals surface area (Å²) in [5.74, 6) is 0. The molecule has 0 aliphatic rings. The van der Waals surface area contributed by atoms with E-state index in [0.717, 1.165) is 31.6 Å².